The molecule has 168 valence electrons. The second-order valence-electron chi connectivity index (χ2n) is 9.56. The van der Waals surface area contributed by atoms with Crippen molar-refractivity contribution in [3.05, 3.63) is 45.7 Å². The molecule has 0 spiro atoms. The van der Waals surface area contributed by atoms with Crippen LogP contribution in [0.5, 0.6) is 0 Å². The maximum absolute atomic E-state index is 13.5. The molecule has 1 fully saturated rings. The Morgan fingerprint density at radius 1 is 1.03 bits per heavy atom. The first-order valence-corrected chi connectivity index (χ1v) is 11.7. The molecule has 4 rings (SSSR count). The number of nitrogens with one attached hydrogen (secondary N) is 1. The van der Waals surface area contributed by atoms with Crippen LogP contribution in [0.2, 0.25) is 0 Å². The van der Waals surface area contributed by atoms with Gasteiger partial charge >= 0.3 is 6.03 Å². The average Bonchev–Trinajstić information content (AvgIpc) is 3.06. The average molecular weight is 425 g/mol. The van der Waals surface area contributed by atoms with Gasteiger partial charge in [-0.1, -0.05) is 18.6 Å². The first-order valence-electron chi connectivity index (χ1n) is 11.7. The molecule has 1 aromatic rings. The summed E-state index contributed by atoms with van der Waals surface area (Å²) in [5.41, 5.74) is 6.11. The summed E-state index contributed by atoms with van der Waals surface area (Å²) < 4.78 is 0. The first kappa shape index (κ1) is 21.9. The van der Waals surface area contributed by atoms with E-state index in [-0.39, 0.29) is 18.0 Å². The maximum Gasteiger partial charge on any atom is 0.322 e. The van der Waals surface area contributed by atoms with Gasteiger partial charge in [-0.3, -0.25) is 9.69 Å². The van der Waals surface area contributed by atoms with Crippen LogP contribution in [0.3, 0.4) is 0 Å². The van der Waals surface area contributed by atoms with Crippen molar-refractivity contribution in [2.75, 3.05) is 33.2 Å². The third-order valence-corrected chi connectivity index (χ3v) is 7.44. The van der Waals surface area contributed by atoms with Gasteiger partial charge in [0.2, 0.25) is 0 Å². The molecule has 6 nitrogen and oxygen atoms in total. The zero-order chi connectivity index (χ0) is 22.3. The first-order chi connectivity index (χ1) is 14.8. The zero-order valence-electron chi connectivity index (χ0n) is 19.6. The van der Waals surface area contributed by atoms with Gasteiger partial charge in [0, 0.05) is 26.2 Å². The van der Waals surface area contributed by atoms with E-state index >= 15 is 0 Å². The molecule has 2 unspecified atom stereocenters. The van der Waals surface area contributed by atoms with Gasteiger partial charge in [0.25, 0.3) is 5.91 Å². The van der Waals surface area contributed by atoms with E-state index in [2.05, 4.69) is 50.0 Å². The molecule has 1 N–H and O–H groups in total. The smallest absolute Gasteiger partial charge is 0.322 e. The quantitative estimate of drug-likeness (QED) is 0.785. The Morgan fingerprint density at radius 2 is 1.77 bits per heavy atom. The molecule has 0 bridgehead atoms. The number of likely N-dealkylation sites (N-methyl/N-ethyl adjacent to an activating group) is 1. The third-order valence-electron chi connectivity index (χ3n) is 7.44. The van der Waals surface area contributed by atoms with Gasteiger partial charge < -0.3 is 15.1 Å². The van der Waals surface area contributed by atoms with Crippen LogP contribution >= 0.6 is 0 Å². The van der Waals surface area contributed by atoms with Crippen molar-refractivity contribution in [3.63, 3.8) is 0 Å². The second kappa shape index (κ2) is 8.65. The highest BCUT2D eigenvalue weighted by molar-refractivity contribution is 6.01. The second-order valence-corrected chi connectivity index (χ2v) is 9.56. The summed E-state index contributed by atoms with van der Waals surface area (Å²) in [6.45, 7) is 12.0. The van der Waals surface area contributed by atoms with Gasteiger partial charge in [0.15, 0.2) is 0 Å². The number of amides is 3. The molecule has 0 radical (unpaired) electrons. The normalized spacial score (nSPS) is 24.7. The van der Waals surface area contributed by atoms with E-state index in [0.29, 0.717) is 12.6 Å². The minimum atomic E-state index is -0.377. The van der Waals surface area contributed by atoms with E-state index in [1.165, 1.54) is 36.9 Å². The molecule has 1 saturated heterocycles. The van der Waals surface area contributed by atoms with E-state index in [1.807, 2.05) is 4.90 Å². The van der Waals surface area contributed by atoms with E-state index in [0.717, 1.165) is 41.9 Å². The number of benzene rings is 1. The lowest BCUT2D eigenvalue weighted by Crippen LogP contribution is -2.45. The van der Waals surface area contributed by atoms with Crippen molar-refractivity contribution in [2.24, 2.45) is 0 Å². The van der Waals surface area contributed by atoms with Crippen molar-refractivity contribution >= 4 is 11.9 Å². The lowest BCUT2D eigenvalue weighted by atomic mass is 9.90. The number of carbonyl (C=O) groups excluding carboxylic acids is 2. The molecular formula is C25H36N4O2. The molecule has 0 saturated carbocycles. The van der Waals surface area contributed by atoms with Gasteiger partial charge in [-0.2, -0.15) is 0 Å². The Morgan fingerprint density at radius 3 is 2.52 bits per heavy atom. The summed E-state index contributed by atoms with van der Waals surface area (Å²) >= 11 is 0. The SMILES string of the molecule is Cc1cc(C)c(C2NC(=O)N(C)C3=C2C(=O)N(CCCN2CCCCC2C)C3)cc1C. The van der Waals surface area contributed by atoms with Crippen LogP contribution in [0.25, 0.3) is 0 Å². The Labute approximate surface area is 186 Å². The van der Waals surface area contributed by atoms with Gasteiger partial charge in [0.1, 0.15) is 0 Å². The minimum Gasteiger partial charge on any atom is -0.333 e. The summed E-state index contributed by atoms with van der Waals surface area (Å²) in [7, 11) is 1.76. The van der Waals surface area contributed by atoms with Gasteiger partial charge in [0.05, 0.1) is 23.9 Å². The molecule has 3 aliphatic rings. The van der Waals surface area contributed by atoms with Crippen molar-refractivity contribution in [2.45, 2.75) is 65.5 Å². The molecule has 3 heterocycles. The van der Waals surface area contributed by atoms with Crippen molar-refractivity contribution in [3.8, 4) is 0 Å². The Hall–Kier alpha value is -2.34. The van der Waals surface area contributed by atoms with Gasteiger partial charge in [-0.15, -0.1) is 0 Å². The molecule has 3 amide bonds. The molecule has 6 heteroatoms. The predicted octanol–water partition coefficient (Wildman–Crippen LogP) is 3.67. The van der Waals surface area contributed by atoms with Crippen molar-refractivity contribution in [1.29, 1.82) is 0 Å². The summed E-state index contributed by atoms with van der Waals surface area (Å²) in [5, 5.41) is 3.08. The number of aryl methyl sites for hydroxylation is 3. The van der Waals surface area contributed by atoms with Crippen molar-refractivity contribution < 1.29 is 9.59 Å². The fourth-order valence-corrected chi connectivity index (χ4v) is 5.29. The van der Waals surface area contributed by atoms with E-state index in [9.17, 15) is 9.59 Å². The fourth-order valence-electron chi connectivity index (χ4n) is 5.29. The van der Waals surface area contributed by atoms with Crippen LogP contribution in [0, 0.1) is 20.8 Å². The Balaban J connectivity index is 1.52. The van der Waals surface area contributed by atoms with Gasteiger partial charge in [-0.05, 0) is 75.8 Å². The van der Waals surface area contributed by atoms with Crippen LogP contribution in [-0.2, 0) is 4.79 Å². The molecule has 1 aromatic carbocycles. The fraction of sp³-hybridized carbons (Fsp3) is 0.600. The van der Waals surface area contributed by atoms with E-state index < -0.39 is 0 Å². The highest BCUT2D eigenvalue weighted by Gasteiger charge is 2.43. The van der Waals surface area contributed by atoms with Crippen LogP contribution in [-0.4, -0.2) is 65.9 Å². The molecule has 0 aliphatic carbocycles. The predicted molar refractivity (Wildman–Crippen MR) is 123 cm³/mol. The molecule has 0 aromatic heterocycles. The molecule has 2 atom stereocenters. The minimum absolute atomic E-state index is 0.0659. The number of hydrogen-bond donors (Lipinski definition) is 1. The number of urea groups is 1. The third kappa shape index (κ3) is 4.10. The van der Waals surface area contributed by atoms with Crippen LogP contribution < -0.4 is 5.32 Å². The highest BCUT2D eigenvalue weighted by atomic mass is 16.2. The number of hydrogen-bond acceptors (Lipinski definition) is 3. The highest BCUT2D eigenvalue weighted by Crippen LogP contribution is 2.37. The molecular weight excluding hydrogens is 388 g/mol. The summed E-state index contributed by atoms with van der Waals surface area (Å²) in [6, 6.07) is 4.39. The summed E-state index contributed by atoms with van der Waals surface area (Å²) in [5.74, 6) is 0.0659. The number of likely N-dealkylation sites (tertiary alicyclic amines) is 1. The lowest BCUT2D eigenvalue weighted by molar-refractivity contribution is -0.125. The number of piperidine rings is 1. The lowest BCUT2D eigenvalue weighted by Gasteiger charge is -2.33. The number of rotatable bonds is 5. The van der Waals surface area contributed by atoms with Crippen molar-refractivity contribution in [1.82, 2.24) is 20.0 Å². The summed E-state index contributed by atoms with van der Waals surface area (Å²) in [6.07, 6.45) is 4.84. The monoisotopic (exact) mass is 424 g/mol. The summed E-state index contributed by atoms with van der Waals surface area (Å²) in [4.78, 5) is 32.3. The number of carbonyl (C=O) groups is 2. The largest absolute Gasteiger partial charge is 0.333 e. The van der Waals surface area contributed by atoms with Crippen LogP contribution in [0.4, 0.5) is 4.79 Å². The molecule has 3 aliphatic heterocycles. The van der Waals surface area contributed by atoms with E-state index in [4.69, 9.17) is 0 Å². The Bertz CT molecular complexity index is 922. The topological polar surface area (TPSA) is 55.9 Å². The zero-order valence-corrected chi connectivity index (χ0v) is 19.6. The van der Waals surface area contributed by atoms with Crippen LogP contribution in [0.15, 0.2) is 23.4 Å². The Kier molecular flexibility index (Phi) is 6.11. The molecule has 31 heavy (non-hydrogen) atoms. The van der Waals surface area contributed by atoms with E-state index in [1.54, 1.807) is 11.9 Å². The maximum atomic E-state index is 13.5. The van der Waals surface area contributed by atoms with Crippen LogP contribution in [0.1, 0.15) is 60.9 Å². The standard InChI is InChI=1S/C25H36N4O2/c1-16-13-18(3)20(14-17(16)2)23-22-21(27(5)25(31)26-23)15-29(24(22)30)12-8-11-28-10-7-6-9-19(28)4/h13-14,19,23H,6-12,15H2,1-5H3,(H,26,31). The van der Waals surface area contributed by atoms with Gasteiger partial charge in [-0.25, -0.2) is 4.79 Å². The number of nitrogens with zero attached hydrogens (tertiary/aromatic N) is 3.